The molecule has 0 saturated carbocycles. The van der Waals surface area contributed by atoms with Gasteiger partial charge in [-0.3, -0.25) is 0 Å². The van der Waals surface area contributed by atoms with Gasteiger partial charge in [0.2, 0.25) is 0 Å². The van der Waals surface area contributed by atoms with Gasteiger partial charge in [0, 0.05) is 0 Å². The van der Waals surface area contributed by atoms with Crippen LogP contribution in [0.25, 0.3) is 34.2 Å². The number of hydrogen-bond acceptors (Lipinski definition) is 0. The molecule has 0 aliphatic heterocycles. The van der Waals surface area contributed by atoms with Gasteiger partial charge in [0.25, 0.3) is 0 Å². The summed E-state index contributed by atoms with van der Waals surface area (Å²) in [7, 11) is 0. The Kier molecular flexibility index (Phi) is 2.72. The molecule has 0 atom stereocenters. The van der Waals surface area contributed by atoms with E-state index >= 15 is 0 Å². The summed E-state index contributed by atoms with van der Waals surface area (Å²) >= 11 is 0. The maximum Gasteiger partial charge on any atom is -0.00268 e. The molecule has 3 aromatic carbocycles. The molecule has 0 amide bonds. The van der Waals surface area contributed by atoms with Crippen molar-refractivity contribution in [3.8, 4) is 0 Å². The second kappa shape index (κ2) is 4.40. The molecule has 0 aliphatic carbocycles. The molecule has 0 nitrogen and oxygen atoms in total. The van der Waals surface area contributed by atoms with E-state index in [4.69, 9.17) is 0 Å². The summed E-state index contributed by atoms with van der Waals surface area (Å²) < 4.78 is 0. The molecule has 0 heterocycles. The summed E-state index contributed by atoms with van der Waals surface area (Å²) in [5, 5.41) is 7.34. The van der Waals surface area contributed by atoms with Crippen molar-refractivity contribution in [2.75, 3.05) is 0 Å². The Bertz CT molecular complexity index is 899. The third-order valence-electron chi connectivity index (χ3n) is 3.69. The van der Waals surface area contributed by atoms with Crippen molar-refractivity contribution < 1.29 is 0 Å². The van der Waals surface area contributed by atoms with E-state index < -0.39 is 0 Å². The first-order valence-corrected chi connectivity index (χ1v) is 6.45. The van der Waals surface area contributed by atoms with E-state index in [9.17, 15) is 0 Å². The van der Waals surface area contributed by atoms with Gasteiger partial charge in [-0.1, -0.05) is 67.8 Å². The summed E-state index contributed by atoms with van der Waals surface area (Å²) in [5.41, 5.74) is 1.22. The number of benzene rings is 3. The first kappa shape index (κ1) is 11.7. The maximum atomic E-state index is 4.22. The van der Waals surface area contributed by atoms with Gasteiger partial charge in [-0.05, 0) is 44.5 Å². The average molecular weight is 244 g/mol. The molecular formula is C19H16. The lowest BCUT2D eigenvalue weighted by atomic mass is 9.97. The molecule has 3 aromatic rings. The fourth-order valence-corrected chi connectivity index (χ4v) is 2.69. The van der Waals surface area contributed by atoms with Crippen LogP contribution in [0, 0.1) is 6.92 Å². The van der Waals surface area contributed by atoms with Gasteiger partial charge < -0.3 is 0 Å². The fourth-order valence-electron chi connectivity index (χ4n) is 2.69. The zero-order valence-corrected chi connectivity index (χ0v) is 11.1. The Morgan fingerprint density at radius 3 is 2.53 bits per heavy atom. The number of allylic oxidation sites excluding steroid dienone is 1. The number of fused-ring (bicyclic) bond motifs is 3. The molecule has 0 bridgehead atoms. The van der Waals surface area contributed by atoms with E-state index in [0.29, 0.717) is 0 Å². The molecule has 0 heteroatoms. The highest BCUT2D eigenvalue weighted by Crippen LogP contribution is 2.22. The summed E-state index contributed by atoms with van der Waals surface area (Å²) in [6.45, 7) is 10.2. The van der Waals surface area contributed by atoms with Gasteiger partial charge in [-0.25, -0.2) is 0 Å². The van der Waals surface area contributed by atoms with Gasteiger partial charge in [0.05, 0.1) is 0 Å². The number of hydrogen-bond donors (Lipinski definition) is 0. The van der Waals surface area contributed by atoms with Crippen LogP contribution in [-0.4, -0.2) is 0 Å². The molecule has 0 aliphatic rings. The first-order chi connectivity index (χ1) is 9.22. The lowest BCUT2D eigenvalue weighted by Crippen LogP contribution is -2.26. The molecule has 0 unspecified atom stereocenters. The van der Waals surface area contributed by atoms with Gasteiger partial charge in [-0.2, -0.15) is 0 Å². The van der Waals surface area contributed by atoms with Crippen LogP contribution < -0.4 is 10.4 Å². The second-order valence-corrected chi connectivity index (χ2v) is 4.87. The van der Waals surface area contributed by atoms with Gasteiger partial charge in [0.15, 0.2) is 0 Å². The zero-order chi connectivity index (χ0) is 13.4. The molecular weight excluding hydrogens is 228 g/mol. The molecule has 0 spiro atoms. The summed E-state index contributed by atoms with van der Waals surface area (Å²) in [4.78, 5) is 0. The van der Waals surface area contributed by atoms with E-state index in [1.54, 1.807) is 0 Å². The van der Waals surface area contributed by atoms with E-state index in [1.165, 1.54) is 32.3 Å². The SMILES string of the molecule is C=CC=c1c(=C)c(C)cc2ccc3ccccc3c12. The standard InChI is InChI=1S/C19H16/c1-4-7-17-14(3)13(2)12-16-11-10-15-8-5-6-9-18(15)19(16)17/h4-12H,1,3H2,2H3. The zero-order valence-electron chi connectivity index (χ0n) is 11.1. The van der Waals surface area contributed by atoms with Crippen LogP contribution in [0.2, 0.25) is 0 Å². The van der Waals surface area contributed by atoms with Gasteiger partial charge >= 0.3 is 0 Å². The molecule has 0 saturated heterocycles. The molecule has 92 valence electrons. The predicted molar refractivity (Wildman–Crippen MR) is 85.6 cm³/mol. The van der Waals surface area contributed by atoms with Crippen molar-refractivity contribution in [3.63, 3.8) is 0 Å². The minimum Gasteiger partial charge on any atom is -0.0990 e. The summed E-state index contributed by atoms with van der Waals surface area (Å²) in [6, 6.07) is 15.1. The van der Waals surface area contributed by atoms with Gasteiger partial charge in [-0.15, -0.1) is 0 Å². The van der Waals surface area contributed by atoms with E-state index in [1.807, 2.05) is 6.08 Å². The van der Waals surface area contributed by atoms with Crippen LogP contribution >= 0.6 is 0 Å². The van der Waals surface area contributed by atoms with E-state index in [0.717, 1.165) is 5.22 Å². The third-order valence-corrected chi connectivity index (χ3v) is 3.69. The molecule has 3 rings (SSSR count). The van der Waals surface area contributed by atoms with Crippen LogP contribution in [0.3, 0.4) is 0 Å². The smallest absolute Gasteiger partial charge is 0.00268 e. The van der Waals surface area contributed by atoms with Crippen LogP contribution in [-0.2, 0) is 0 Å². The van der Waals surface area contributed by atoms with E-state index in [2.05, 4.69) is 68.6 Å². The Labute approximate surface area is 113 Å². The highest BCUT2D eigenvalue weighted by atomic mass is 14.1. The van der Waals surface area contributed by atoms with Crippen LogP contribution in [0.5, 0.6) is 0 Å². The first-order valence-electron chi connectivity index (χ1n) is 6.45. The van der Waals surface area contributed by atoms with Crippen molar-refractivity contribution in [2.45, 2.75) is 6.92 Å². The molecule has 0 fully saturated rings. The van der Waals surface area contributed by atoms with Crippen LogP contribution in [0.1, 0.15) is 5.56 Å². The minimum absolute atomic E-state index is 1.09. The number of aryl methyl sites for hydroxylation is 1. The van der Waals surface area contributed by atoms with E-state index in [-0.39, 0.29) is 0 Å². The van der Waals surface area contributed by atoms with Gasteiger partial charge in [0.1, 0.15) is 0 Å². The third kappa shape index (κ3) is 1.77. The normalized spacial score (nSPS) is 12.2. The maximum absolute atomic E-state index is 4.22. The lowest BCUT2D eigenvalue weighted by molar-refractivity contribution is 1.42. The summed E-state index contributed by atoms with van der Waals surface area (Å²) in [6.07, 6.45) is 3.90. The largest absolute Gasteiger partial charge is 0.0990 e. The quantitative estimate of drug-likeness (QED) is 0.573. The Morgan fingerprint density at radius 2 is 1.74 bits per heavy atom. The highest BCUT2D eigenvalue weighted by Gasteiger charge is 2.03. The average Bonchev–Trinajstić information content (AvgIpc) is 2.43. The summed E-state index contributed by atoms with van der Waals surface area (Å²) in [5.74, 6) is 0. The second-order valence-electron chi connectivity index (χ2n) is 4.87. The van der Waals surface area contributed by atoms with Crippen molar-refractivity contribution in [2.24, 2.45) is 0 Å². The van der Waals surface area contributed by atoms with Crippen molar-refractivity contribution in [1.82, 2.24) is 0 Å². The Balaban J connectivity index is 2.73. The van der Waals surface area contributed by atoms with Crippen molar-refractivity contribution in [3.05, 3.63) is 71.1 Å². The monoisotopic (exact) mass is 244 g/mol. The fraction of sp³-hybridized carbons (Fsp3) is 0.0526. The molecule has 19 heavy (non-hydrogen) atoms. The molecule has 0 radical (unpaired) electrons. The van der Waals surface area contributed by atoms with Crippen LogP contribution in [0.4, 0.5) is 0 Å². The molecule has 0 N–H and O–H groups in total. The predicted octanol–water partition coefficient (Wildman–Crippen LogP) is 3.68. The number of rotatable bonds is 1. The van der Waals surface area contributed by atoms with Crippen LogP contribution in [0.15, 0.2) is 55.1 Å². The minimum atomic E-state index is 1.09. The highest BCUT2D eigenvalue weighted by molar-refractivity contribution is 6.08. The van der Waals surface area contributed by atoms with Crippen molar-refractivity contribution in [1.29, 1.82) is 0 Å². The molecule has 0 aromatic heterocycles. The Hall–Kier alpha value is -2.34. The Morgan fingerprint density at radius 1 is 1.00 bits per heavy atom. The topological polar surface area (TPSA) is 0 Å². The van der Waals surface area contributed by atoms with Crippen molar-refractivity contribution >= 4 is 34.2 Å². The lowest BCUT2D eigenvalue weighted by Gasteiger charge is -2.07.